The van der Waals surface area contributed by atoms with Crippen molar-refractivity contribution in [2.75, 3.05) is 5.32 Å². The van der Waals surface area contributed by atoms with Gasteiger partial charge in [0.25, 0.3) is 5.91 Å². The summed E-state index contributed by atoms with van der Waals surface area (Å²) < 4.78 is 2.79. The molecule has 1 aromatic carbocycles. The molecule has 0 saturated heterocycles. The van der Waals surface area contributed by atoms with Crippen molar-refractivity contribution >= 4 is 40.7 Å². The van der Waals surface area contributed by atoms with Crippen molar-refractivity contribution in [1.82, 2.24) is 24.5 Å². The number of hydrogen-bond donors (Lipinski definition) is 1. The van der Waals surface area contributed by atoms with Crippen LogP contribution in [0.1, 0.15) is 24.9 Å². The number of carbonyl (C=O) groups is 1. The molecule has 0 aliphatic heterocycles. The third-order valence-corrected chi connectivity index (χ3v) is 4.65. The first kappa shape index (κ1) is 19.8. The minimum absolute atomic E-state index is 0.116. The minimum Gasteiger partial charge on any atom is -0.291 e. The predicted molar refractivity (Wildman–Crippen MR) is 102 cm³/mol. The van der Waals surface area contributed by atoms with E-state index in [4.69, 9.17) is 23.2 Å². The molecule has 28 heavy (non-hydrogen) atoms. The number of aromatic nitrogens is 5. The Bertz CT molecular complexity index is 1020. The topological polar surface area (TPSA) is 121 Å². The molecule has 0 fully saturated rings. The fourth-order valence-electron chi connectivity index (χ4n) is 2.53. The van der Waals surface area contributed by atoms with Crippen LogP contribution in [0.15, 0.2) is 36.9 Å². The average molecular weight is 424 g/mol. The summed E-state index contributed by atoms with van der Waals surface area (Å²) >= 11 is 11.9. The smallest absolute Gasteiger partial charge is 0.291 e. The summed E-state index contributed by atoms with van der Waals surface area (Å²) in [5.74, 6) is -0.307. The zero-order valence-electron chi connectivity index (χ0n) is 14.6. The SMILES string of the molecule is CCC(C(=O)Nc1ncn(Cc2ccc(Cl)c(Cl)c2)n1)n1cc([N+](=O)[O-])cn1. The molecular weight excluding hydrogens is 409 g/mol. The Kier molecular flexibility index (Phi) is 5.90. The van der Waals surface area contributed by atoms with Crippen LogP contribution in [0.25, 0.3) is 0 Å². The van der Waals surface area contributed by atoms with Crippen molar-refractivity contribution in [2.45, 2.75) is 25.9 Å². The number of amides is 1. The van der Waals surface area contributed by atoms with Gasteiger partial charge in [0.1, 0.15) is 24.8 Å². The Morgan fingerprint density at radius 3 is 2.79 bits per heavy atom. The third-order valence-electron chi connectivity index (χ3n) is 3.91. The number of halogens is 2. The van der Waals surface area contributed by atoms with Crippen LogP contribution < -0.4 is 5.32 Å². The molecule has 3 rings (SSSR count). The van der Waals surface area contributed by atoms with E-state index < -0.39 is 16.9 Å². The van der Waals surface area contributed by atoms with Crippen LogP contribution in [-0.2, 0) is 11.3 Å². The lowest BCUT2D eigenvalue weighted by Gasteiger charge is -2.13. The number of nitrogens with one attached hydrogen (secondary N) is 1. The summed E-state index contributed by atoms with van der Waals surface area (Å²) in [4.78, 5) is 26.8. The van der Waals surface area contributed by atoms with E-state index in [1.54, 1.807) is 19.1 Å². The van der Waals surface area contributed by atoms with Gasteiger partial charge >= 0.3 is 5.69 Å². The van der Waals surface area contributed by atoms with Crippen LogP contribution >= 0.6 is 23.2 Å². The molecule has 1 N–H and O–H groups in total. The Morgan fingerprint density at radius 1 is 1.36 bits per heavy atom. The third kappa shape index (κ3) is 4.46. The number of hydrogen-bond acceptors (Lipinski definition) is 6. The van der Waals surface area contributed by atoms with E-state index in [0.29, 0.717) is 23.0 Å². The zero-order chi connectivity index (χ0) is 20.3. The number of nitrogens with zero attached hydrogens (tertiary/aromatic N) is 6. The van der Waals surface area contributed by atoms with E-state index in [2.05, 4.69) is 20.5 Å². The Morgan fingerprint density at radius 2 is 2.14 bits per heavy atom. The largest absolute Gasteiger partial charge is 0.307 e. The second-order valence-electron chi connectivity index (χ2n) is 5.86. The van der Waals surface area contributed by atoms with Crippen LogP contribution in [0.5, 0.6) is 0 Å². The number of anilines is 1. The van der Waals surface area contributed by atoms with E-state index in [9.17, 15) is 14.9 Å². The molecule has 0 aliphatic rings. The fourth-order valence-corrected chi connectivity index (χ4v) is 2.85. The molecule has 3 aromatic rings. The molecule has 1 unspecified atom stereocenters. The number of nitro groups is 1. The van der Waals surface area contributed by atoms with Crippen LogP contribution in [0.2, 0.25) is 10.0 Å². The fraction of sp³-hybridized carbons (Fsp3) is 0.250. The molecular formula is C16H15Cl2N7O3. The first-order valence-corrected chi connectivity index (χ1v) is 8.95. The van der Waals surface area contributed by atoms with E-state index in [0.717, 1.165) is 11.8 Å². The maximum absolute atomic E-state index is 12.5. The highest BCUT2D eigenvalue weighted by molar-refractivity contribution is 6.42. The van der Waals surface area contributed by atoms with Crippen LogP contribution in [0.3, 0.4) is 0 Å². The Balaban J connectivity index is 1.68. The predicted octanol–water partition coefficient (Wildman–Crippen LogP) is 3.33. The summed E-state index contributed by atoms with van der Waals surface area (Å²) in [6.45, 7) is 2.16. The second kappa shape index (κ2) is 8.36. The van der Waals surface area contributed by atoms with Gasteiger partial charge in [0.15, 0.2) is 0 Å². The minimum atomic E-state index is -0.726. The van der Waals surface area contributed by atoms with Gasteiger partial charge in [-0.25, -0.2) is 9.67 Å². The van der Waals surface area contributed by atoms with E-state index in [-0.39, 0.29) is 11.6 Å². The number of carbonyl (C=O) groups excluding carboxylic acids is 1. The summed E-state index contributed by atoms with van der Waals surface area (Å²) in [7, 11) is 0. The number of benzene rings is 1. The highest BCUT2D eigenvalue weighted by Crippen LogP contribution is 2.23. The van der Waals surface area contributed by atoms with E-state index in [1.165, 1.54) is 21.9 Å². The standard InChI is InChI=1S/C16H15Cl2N7O3/c1-2-14(24-8-11(6-20-24)25(27)28)15(26)21-16-19-9-23(22-16)7-10-3-4-12(17)13(18)5-10/h3-6,8-9,14H,2,7H2,1H3,(H,21,22,26). The molecule has 0 spiro atoms. The summed E-state index contributed by atoms with van der Waals surface area (Å²) in [5.41, 5.74) is 0.683. The van der Waals surface area contributed by atoms with Gasteiger partial charge in [0.05, 0.1) is 21.5 Å². The molecule has 1 atom stereocenters. The van der Waals surface area contributed by atoms with Gasteiger partial charge in [-0.1, -0.05) is 36.2 Å². The van der Waals surface area contributed by atoms with Crippen LogP contribution in [-0.4, -0.2) is 35.4 Å². The lowest BCUT2D eigenvalue weighted by atomic mass is 10.2. The van der Waals surface area contributed by atoms with Gasteiger partial charge in [-0.2, -0.15) is 5.10 Å². The number of rotatable bonds is 7. The molecule has 2 aromatic heterocycles. The van der Waals surface area contributed by atoms with Gasteiger partial charge in [-0.3, -0.25) is 24.9 Å². The van der Waals surface area contributed by atoms with Crippen molar-refractivity contribution in [3.05, 3.63) is 62.6 Å². The van der Waals surface area contributed by atoms with Crippen LogP contribution in [0, 0.1) is 10.1 Å². The van der Waals surface area contributed by atoms with Crippen molar-refractivity contribution in [1.29, 1.82) is 0 Å². The Hall–Kier alpha value is -2.98. The van der Waals surface area contributed by atoms with Crippen molar-refractivity contribution < 1.29 is 9.72 Å². The van der Waals surface area contributed by atoms with Crippen molar-refractivity contribution in [3.8, 4) is 0 Å². The zero-order valence-corrected chi connectivity index (χ0v) is 16.1. The average Bonchev–Trinajstić information content (AvgIpc) is 3.29. The van der Waals surface area contributed by atoms with E-state index in [1.807, 2.05) is 6.07 Å². The molecule has 2 heterocycles. The summed E-state index contributed by atoms with van der Waals surface area (Å²) in [5, 5.41) is 22.4. The monoisotopic (exact) mass is 423 g/mol. The molecule has 146 valence electrons. The van der Waals surface area contributed by atoms with Gasteiger partial charge in [0.2, 0.25) is 5.95 Å². The maximum atomic E-state index is 12.5. The van der Waals surface area contributed by atoms with Gasteiger partial charge in [-0.15, -0.1) is 5.10 Å². The maximum Gasteiger partial charge on any atom is 0.307 e. The molecule has 12 heteroatoms. The highest BCUT2D eigenvalue weighted by Gasteiger charge is 2.23. The van der Waals surface area contributed by atoms with Crippen molar-refractivity contribution in [2.24, 2.45) is 0 Å². The normalized spacial score (nSPS) is 12.0. The van der Waals surface area contributed by atoms with Crippen molar-refractivity contribution in [3.63, 3.8) is 0 Å². The lowest BCUT2D eigenvalue weighted by Crippen LogP contribution is -2.26. The molecule has 0 bridgehead atoms. The molecule has 1 amide bonds. The van der Waals surface area contributed by atoms with E-state index >= 15 is 0 Å². The second-order valence-corrected chi connectivity index (χ2v) is 6.68. The first-order valence-electron chi connectivity index (χ1n) is 8.20. The molecule has 0 saturated carbocycles. The molecule has 10 nitrogen and oxygen atoms in total. The first-order chi connectivity index (χ1) is 13.4. The Labute approximate surface area is 169 Å². The van der Waals surface area contributed by atoms with Gasteiger partial charge in [0, 0.05) is 0 Å². The van der Waals surface area contributed by atoms with Gasteiger partial charge in [-0.05, 0) is 24.1 Å². The van der Waals surface area contributed by atoms with Gasteiger partial charge < -0.3 is 0 Å². The summed E-state index contributed by atoms with van der Waals surface area (Å²) in [6.07, 6.45) is 4.16. The molecule has 0 radical (unpaired) electrons. The quantitative estimate of drug-likeness (QED) is 0.459. The highest BCUT2D eigenvalue weighted by atomic mass is 35.5. The summed E-state index contributed by atoms with van der Waals surface area (Å²) in [6, 6.07) is 4.50. The molecule has 0 aliphatic carbocycles. The van der Waals surface area contributed by atoms with Crippen LogP contribution in [0.4, 0.5) is 11.6 Å². The lowest BCUT2D eigenvalue weighted by molar-refractivity contribution is -0.385.